The van der Waals surface area contributed by atoms with E-state index >= 15 is 0 Å². The summed E-state index contributed by atoms with van der Waals surface area (Å²) >= 11 is 0. The highest BCUT2D eigenvalue weighted by Gasteiger charge is 2.18. The number of unbranched alkanes of at least 4 members (excludes halogenated alkanes) is 1. The second-order valence-corrected chi connectivity index (χ2v) is 4.82. The van der Waals surface area contributed by atoms with E-state index in [-0.39, 0.29) is 6.61 Å². The summed E-state index contributed by atoms with van der Waals surface area (Å²) in [4.78, 5) is 2.45. The van der Waals surface area contributed by atoms with Gasteiger partial charge in [0.2, 0.25) is 0 Å². The molecule has 0 spiro atoms. The SMILES string of the molecule is C=C1CN(CCCC)Cc2ccc(CO)cc21. The van der Waals surface area contributed by atoms with Crippen LogP contribution >= 0.6 is 0 Å². The maximum atomic E-state index is 9.15. The highest BCUT2D eigenvalue weighted by Crippen LogP contribution is 2.27. The molecular weight excluding hydrogens is 210 g/mol. The molecule has 0 aliphatic carbocycles. The van der Waals surface area contributed by atoms with Gasteiger partial charge in [0, 0.05) is 13.1 Å². The average molecular weight is 231 g/mol. The Bertz CT molecular complexity index is 411. The molecule has 1 heterocycles. The van der Waals surface area contributed by atoms with E-state index in [2.05, 4.69) is 30.5 Å². The van der Waals surface area contributed by atoms with Crippen LogP contribution in [0.25, 0.3) is 5.57 Å². The van der Waals surface area contributed by atoms with Crippen molar-refractivity contribution in [2.75, 3.05) is 13.1 Å². The first-order valence-corrected chi connectivity index (χ1v) is 6.37. The smallest absolute Gasteiger partial charge is 0.0682 e. The predicted molar refractivity (Wildman–Crippen MR) is 71.6 cm³/mol. The maximum absolute atomic E-state index is 9.15. The van der Waals surface area contributed by atoms with Crippen molar-refractivity contribution in [3.63, 3.8) is 0 Å². The van der Waals surface area contributed by atoms with E-state index in [0.717, 1.165) is 25.2 Å². The fourth-order valence-electron chi connectivity index (χ4n) is 2.38. The number of nitrogens with zero attached hydrogens (tertiary/aromatic N) is 1. The monoisotopic (exact) mass is 231 g/mol. The quantitative estimate of drug-likeness (QED) is 0.861. The molecule has 1 aromatic rings. The third-order valence-corrected chi connectivity index (χ3v) is 3.37. The van der Waals surface area contributed by atoms with Crippen molar-refractivity contribution in [2.24, 2.45) is 0 Å². The van der Waals surface area contributed by atoms with E-state index in [1.54, 1.807) is 0 Å². The van der Waals surface area contributed by atoms with Crippen LogP contribution in [0, 0.1) is 0 Å². The molecule has 92 valence electrons. The van der Waals surface area contributed by atoms with E-state index in [4.69, 9.17) is 5.11 Å². The fraction of sp³-hybridized carbons (Fsp3) is 0.467. The molecule has 1 N–H and O–H groups in total. The van der Waals surface area contributed by atoms with Gasteiger partial charge in [0.1, 0.15) is 0 Å². The fourth-order valence-corrected chi connectivity index (χ4v) is 2.38. The summed E-state index contributed by atoms with van der Waals surface area (Å²) < 4.78 is 0. The number of benzene rings is 1. The molecule has 1 aliphatic heterocycles. The molecule has 0 amide bonds. The molecule has 2 nitrogen and oxygen atoms in total. The van der Waals surface area contributed by atoms with Crippen molar-refractivity contribution >= 4 is 5.57 Å². The van der Waals surface area contributed by atoms with Crippen molar-refractivity contribution in [1.29, 1.82) is 0 Å². The number of rotatable bonds is 4. The number of hydrogen-bond donors (Lipinski definition) is 1. The molecule has 0 saturated carbocycles. The van der Waals surface area contributed by atoms with Crippen LogP contribution in [0.15, 0.2) is 24.8 Å². The molecule has 0 saturated heterocycles. The lowest BCUT2D eigenvalue weighted by molar-refractivity contribution is 0.279. The largest absolute Gasteiger partial charge is 0.392 e. The first-order valence-electron chi connectivity index (χ1n) is 6.37. The van der Waals surface area contributed by atoms with E-state index in [9.17, 15) is 0 Å². The molecule has 0 atom stereocenters. The predicted octanol–water partition coefficient (Wildman–Crippen LogP) is 2.81. The molecule has 0 radical (unpaired) electrons. The lowest BCUT2D eigenvalue weighted by Crippen LogP contribution is -2.30. The van der Waals surface area contributed by atoms with Crippen LogP contribution in [0.5, 0.6) is 0 Å². The molecule has 2 rings (SSSR count). The van der Waals surface area contributed by atoms with Gasteiger partial charge in [0.15, 0.2) is 0 Å². The molecule has 0 bridgehead atoms. The molecule has 0 unspecified atom stereocenters. The Morgan fingerprint density at radius 2 is 2.18 bits per heavy atom. The van der Waals surface area contributed by atoms with Gasteiger partial charge in [0.25, 0.3) is 0 Å². The van der Waals surface area contributed by atoms with Crippen molar-refractivity contribution in [2.45, 2.75) is 32.9 Å². The lowest BCUT2D eigenvalue weighted by atomic mass is 9.94. The Hall–Kier alpha value is -1.12. The molecule has 1 aromatic carbocycles. The summed E-state index contributed by atoms with van der Waals surface area (Å²) in [7, 11) is 0. The minimum absolute atomic E-state index is 0.111. The lowest BCUT2D eigenvalue weighted by Gasteiger charge is -2.30. The summed E-state index contributed by atoms with van der Waals surface area (Å²) in [6, 6.07) is 6.22. The van der Waals surface area contributed by atoms with Crippen molar-refractivity contribution < 1.29 is 5.11 Å². The summed E-state index contributed by atoms with van der Waals surface area (Å²) in [5.74, 6) is 0. The normalized spacial score (nSPS) is 16.0. The third kappa shape index (κ3) is 2.76. The van der Waals surface area contributed by atoms with Gasteiger partial charge in [0.05, 0.1) is 6.61 Å². The van der Waals surface area contributed by atoms with Gasteiger partial charge in [-0.15, -0.1) is 0 Å². The Morgan fingerprint density at radius 3 is 2.88 bits per heavy atom. The van der Waals surface area contributed by atoms with E-state index in [0.29, 0.717) is 0 Å². The van der Waals surface area contributed by atoms with Crippen LogP contribution in [0.3, 0.4) is 0 Å². The van der Waals surface area contributed by atoms with Gasteiger partial charge in [-0.1, -0.05) is 32.1 Å². The summed E-state index contributed by atoms with van der Waals surface area (Å²) in [6.45, 7) is 9.62. The minimum atomic E-state index is 0.111. The Kier molecular flexibility index (Phi) is 3.97. The zero-order valence-corrected chi connectivity index (χ0v) is 10.6. The van der Waals surface area contributed by atoms with E-state index < -0.39 is 0 Å². The number of aliphatic hydroxyl groups excluding tert-OH is 1. The molecule has 0 fully saturated rings. The van der Waals surface area contributed by atoms with Gasteiger partial charge < -0.3 is 5.11 Å². The van der Waals surface area contributed by atoms with Crippen LogP contribution in [-0.4, -0.2) is 23.1 Å². The maximum Gasteiger partial charge on any atom is 0.0682 e. The number of fused-ring (bicyclic) bond motifs is 1. The topological polar surface area (TPSA) is 23.5 Å². The zero-order chi connectivity index (χ0) is 12.3. The standard InChI is InChI=1S/C15H21NO/c1-3-4-7-16-9-12(2)15-8-13(11-17)5-6-14(15)10-16/h5-6,8,17H,2-4,7,9-11H2,1H3. The molecule has 2 heteroatoms. The zero-order valence-electron chi connectivity index (χ0n) is 10.6. The summed E-state index contributed by atoms with van der Waals surface area (Å²) in [6.07, 6.45) is 2.48. The first kappa shape index (κ1) is 12.3. The van der Waals surface area contributed by atoms with Crippen LogP contribution in [0.1, 0.15) is 36.5 Å². The van der Waals surface area contributed by atoms with Crippen LogP contribution < -0.4 is 0 Å². The van der Waals surface area contributed by atoms with Crippen LogP contribution in [0.4, 0.5) is 0 Å². The Morgan fingerprint density at radius 1 is 1.35 bits per heavy atom. The Labute approximate surface area is 104 Å². The van der Waals surface area contributed by atoms with Crippen LogP contribution in [0.2, 0.25) is 0 Å². The minimum Gasteiger partial charge on any atom is -0.392 e. The van der Waals surface area contributed by atoms with Gasteiger partial charge in [-0.2, -0.15) is 0 Å². The van der Waals surface area contributed by atoms with E-state index in [1.165, 1.54) is 29.5 Å². The van der Waals surface area contributed by atoms with Gasteiger partial charge in [-0.25, -0.2) is 0 Å². The summed E-state index contributed by atoms with van der Waals surface area (Å²) in [5.41, 5.74) is 4.74. The first-order chi connectivity index (χ1) is 8.24. The molecule has 0 aromatic heterocycles. The van der Waals surface area contributed by atoms with Gasteiger partial charge >= 0.3 is 0 Å². The van der Waals surface area contributed by atoms with Crippen molar-refractivity contribution in [3.8, 4) is 0 Å². The molecule has 1 aliphatic rings. The molecular formula is C15H21NO. The highest BCUT2D eigenvalue weighted by molar-refractivity contribution is 5.69. The summed E-state index contributed by atoms with van der Waals surface area (Å²) in [5, 5.41) is 9.15. The second kappa shape index (κ2) is 5.48. The molecule has 17 heavy (non-hydrogen) atoms. The highest BCUT2D eigenvalue weighted by atomic mass is 16.3. The van der Waals surface area contributed by atoms with Crippen molar-refractivity contribution in [1.82, 2.24) is 4.90 Å². The van der Waals surface area contributed by atoms with Crippen molar-refractivity contribution in [3.05, 3.63) is 41.5 Å². The van der Waals surface area contributed by atoms with Gasteiger partial charge in [-0.3, -0.25) is 4.90 Å². The van der Waals surface area contributed by atoms with Gasteiger partial charge in [-0.05, 0) is 41.3 Å². The van der Waals surface area contributed by atoms with Crippen LogP contribution in [-0.2, 0) is 13.2 Å². The number of hydrogen-bond acceptors (Lipinski definition) is 2. The average Bonchev–Trinajstić information content (AvgIpc) is 2.36. The van der Waals surface area contributed by atoms with E-state index in [1.807, 2.05) is 6.07 Å². The second-order valence-electron chi connectivity index (χ2n) is 4.82. The third-order valence-electron chi connectivity index (χ3n) is 3.37. The Balaban J connectivity index is 2.17. The number of aliphatic hydroxyl groups is 1.